The van der Waals surface area contributed by atoms with Gasteiger partial charge in [0.1, 0.15) is 5.60 Å². The molecule has 0 radical (unpaired) electrons. The lowest BCUT2D eigenvalue weighted by Crippen LogP contribution is -2.38. The van der Waals surface area contributed by atoms with E-state index in [9.17, 15) is 14.4 Å². The highest BCUT2D eigenvalue weighted by atomic mass is 16.6. The normalized spacial score (nSPS) is 14.1. The van der Waals surface area contributed by atoms with Gasteiger partial charge in [-0.25, -0.2) is 9.59 Å². The molecule has 1 amide bonds. The third-order valence-corrected chi connectivity index (χ3v) is 2.57. The van der Waals surface area contributed by atoms with Gasteiger partial charge in [0, 0.05) is 6.54 Å². The molecule has 7 heteroatoms. The van der Waals surface area contributed by atoms with E-state index >= 15 is 0 Å². The predicted molar refractivity (Wildman–Crippen MR) is 80.4 cm³/mol. The first-order valence-corrected chi connectivity index (χ1v) is 7.32. The molecule has 0 aliphatic heterocycles. The Kier molecular flexibility index (Phi) is 7.90. The number of nitrogens with one attached hydrogen (secondary N) is 1. The van der Waals surface area contributed by atoms with Crippen LogP contribution in [0.2, 0.25) is 0 Å². The van der Waals surface area contributed by atoms with E-state index in [0.29, 0.717) is 0 Å². The molecular weight excluding hydrogens is 290 g/mol. The van der Waals surface area contributed by atoms with Crippen LogP contribution in [0.5, 0.6) is 0 Å². The lowest BCUT2D eigenvalue weighted by molar-refractivity contribution is -0.167. The second-order valence-corrected chi connectivity index (χ2v) is 6.68. The van der Waals surface area contributed by atoms with Crippen LogP contribution in [0.4, 0.5) is 4.79 Å². The van der Waals surface area contributed by atoms with E-state index in [0.717, 1.165) is 0 Å². The van der Waals surface area contributed by atoms with Crippen LogP contribution in [0.15, 0.2) is 0 Å². The van der Waals surface area contributed by atoms with Crippen molar-refractivity contribution in [1.82, 2.24) is 5.32 Å². The summed E-state index contributed by atoms with van der Waals surface area (Å²) < 4.78 is 10.0. The molecule has 0 heterocycles. The highest BCUT2D eigenvalue weighted by Crippen LogP contribution is 2.11. The number of ether oxygens (including phenoxy) is 2. The van der Waals surface area contributed by atoms with E-state index in [1.807, 2.05) is 13.8 Å². The maximum absolute atomic E-state index is 11.9. The molecule has 0 rings (SSSR count). The van der Waals surface area contributed by atoms with Crippen molar-refractivity contribution in [2.45, 2.75) is 59.7 Å². The quantitative estimate of drug-likeness (QED) is 0.698. The summed E-state index contributed by atoms with van der Waals surface area (Å²) in [5.41, 5.74) is -0.625. The number of carboxylic acid groups (broad SMARTS) is 1. The minimum atomic E-state index is -1.17. The molecule has 0 aliphatic carbocycles. The molecule has 0 unspecified atom stereocenters. The predicted octanol–water partition coefficient (Wildman–Crippen LogP) is 2.19. The maximum atomic E-state index is 11.9. The van der Waals surface area contributed by atoms with E-state index in [4.69, 9.17) is 14.6 Å². The number of alkyl carbamates (subject to hydrolysis) is 1. The monoisotopic (exact) mass is 317 g/mol. The minimum Gasteiger partial charge on any atom is -0.479 e. The number of hydrogen-bond acceptors (Lipinski definition) is 5. The first kappa shape index (κ1) is 20.2. The van der Waals surface area contributed by atoms with Crippen molar-refractivity contribution in [2.24, 2.45) is 11.8 Å². The van der Waals surface area contributed by atoms with Gasteiger partial charge in [-0.2, -0.15) is 0 Å². The first-order valence-electron chi connectivity index (χ1n) is 7.32. The highest BCUT2D eigenvalue weighted by molar-refractivity contribution is 5.79. The minimum absolute atomic E-state index is 0.0156. The molecule has 0 fully saturated rings. The summed E-state index contributed by atoms with van der Waals surface area (Å²) in [5, 5.41) is 11.5. The van der Waals surface area contributed by atoms with Crippen LogP contribution in [0, 0.1) is 11.8 Å². The molecule has 0 saturated heterocycles. The Labute approximate surface area is 131 Å². The summed E-state index contributed by atoms with van der Waals surface area (Å²) in [6, 6.07) is 0. The fraction of sp³-hybridized carbons (Fsp3) is 0.800. The van der Waals surface area contributed by atoms with Gasteiger partial charge < -0.3 is 19.9 Å². The third kappa shape index (κ3) is 9.20. The van der Waals surface area contributed by atoms with Gasteiger partial charge >= 0.3 is 18.0 Å². The molecular formula is C15H27NO6. The standard InChI is InChI=1S/C15H27NO6/c1-9(2)7-11(12(17)18)21-13(19)10(3)8-16-14(20)22-15(4,5)6/h9-11H,7-8H2,1-6H3,(H,16,20)(H,17,18)/t10-,11+/m1/s1. The Morgan fingerprint density at radius 3 is 2.09 bits per heavy atom. The van der Waals surface area contributed by atoms with Gasteiger partial charge in [-0.3, -0.25) is 4.79 Å². The summed E-state index contributed by atoms with van der Waals surface area (Å²) in [6.07, 6.45) is -1.56. The number of esters is 1. The summed E-state index contributed by atoms with van der Waals surface area (Å²) in [6.45, 7) is 10.4. The van der Waals surface area contributed by atoms with E-state index in [1.54, 1.807) is 27.7 Å². The van der Waals surface area contributed by atoms with Gasteiger partial charge in [0.05, 0.1) is 5.92 Å². The van der Waals surface area contributed by atoms with Crippen molar-refractivity contribution < 1.29 is 29.0 Å². The fourth-order valence-corrected chi connectivity index (χ4v) is 1.52. The number of hydrogen-bond donors (Lipinski definition) is 2. The van der Waals surface area contributed by atoms with Gasteiger partial charge in [-0.15, -0.1) is 0 Å². The van der Waals surface area contributed by atoms with Crippen molar-refractivity contribution in [2.75, 3.05) is 6.54 Å². The zero-order chi connectivity index (χ0) is 17.5. The van der Waals surface area contributed by atoms with Gasteiger partial charge in [-0.1, -0.05) is 20.8 Å². The van der Waals surface area contributed by atoms with Gasteiger partial charge in [-0.05, 0) is 33.1 Å². The molecule has 0 aliphatic rings. The Hall–Kier alpha value is -1.79. The van der Waals surface area contributed by atoms with Crippen molar-refractivity contribution >= 4 is 18.0 Å². The lowest BCUT2D eigenvalue weighted by Gasteiger charge is -2.21. The number of carbonyl (C=O) groups is 3. The summed E-state index contributed by atoms with van der Waals surface area (Å²) in [5.74, 6) is -2.41. The number of rotatable bonds is 7. The molecule has 22 heavy (non-hydrogen) atoms. The summed E-state index contributed by atoms with van der Waals surface area (Å²) in [7, 11) is 0. The second-order valence-electron chi connectivity index (χ2n) is 6.68. The SMILES string of the molecule is CC(C)C[C@H](OC(=O)[C@H](C)CNC(=O)OC(C)(C)C)C(=O)O. The van der Waals surface area contributed by atoms with Crippen molar-refractivity contribution in [3.63, 3.8) is 0 Å². The highest BCUT2D eigenvalue weighted by Gasteiger charge is 2.26. The lowest BCUT2D eigenvalue weighted by atomic mass is 10.1. The Morgan fingerprint density at radius 2 is 1.68 bits per heavy atom. The van der Waals surface area contributed by atoms with Gasteiger partial charge in [0.25, 0.3) is 0 Å². The van der Waals surface area contributed by atoms with Crippen LogP contribution in [0.1, 0.15) is 48.0 Å². The first-order chi connectivity index (χ1) is 9.92. The largest absolute Gasteiger partial charge is 0.479 e. The molecule has 0 aromatic rings. The second kappa shape index (κ2) is 8.60. The molecule has 0 saturated carbocycles. The fourth-order valence-electron chi connectivity index (χ4n) is 1.52. The van der Waals surface area contributed by atoms with Gasteiger partial charge in [0.15, 0.2) is 6.10 Å². The third-order valence-electron chi connectivity index (χ3n) is 2.57. The van der Waals surface area contributed by atoms with Gasteiger partial charge in [0.2, 0.25) is 0 Å². The molecule has 0 bridgehead atoms. The average molecular weight is 317 g/mol. The molecule has 0 spiro atoms. The maximum Gasteiger partial charge on any atom is 0.407 e. The van der Waals surface area contributed by atoms with Crippen molar-refractivity contribution in [1.29, 1.82) is 0 Å². The zero-order valence-electron chi connectivity index (χ0n) is 14.1. The number of carbonyl (C=O) groups excluding carboxylic acids is 2. The van der Waals surface area contributed by atoms with Crippen molar-refractivity contribution in [3.05, 3.63) is 0 Å². The van der Waals surface area contributed by atoms with Crippen LogP contribution in [-0.2, 0) is 19.1 Å². The van der Waals surface area contributed by atoms with E-state index in [-0.39, 0.29) is 18.9 Å². The molecule has 0 aromatic heterocycles. The Balaban J connectivity index is 4.36. The molecule has 2 atom stereocenters. The van der Waals surface area contributed by atoms with Crippen molar-refractivity contribution in [3.8, 4) is 0 Å². The van der Waals surface area contributed by atoms with Crippen LogP contribution in [0.3, 0.4) is 0 Å². The smallest absolute Gasteiger partial charge is 0.407 e. The van der Waals surface area contributed by atoms with E-state index in [1.165, 1.54) is 0 Å². The van der Waals surface area contributed by atoms with E-state index < -0.39 is 35.7 Å². The molecule has 0 aromatic carbocycles. The number of amides is 1. The number of aliphatic carboxylic acids is 1. The Morgan fingerprint density at radius 1 is 1.14 bits per heavy atom. The van der Waals surface area contributed by atoms with Crippen LogP contribution in [0.25, 0.3) is 0 Å². The average Bonchev–Trinajstić information content (AvgIpc) is 2.32. The number of carboxylic acids is 1. The summed E-state index contributed by atoms with van der Waals surface area (Å²) >= 11 is 0. The van der Waals surface area contributed by atoms with E-state index in [2.05, 4.69) is 5.32 Å². The van der Waals surface area contributed by atoms with Crippen LogP contribution >= 0.6 is 0 Å². The zero-order valence-corrected chi connectivity index (χ0v) is 14.1. The molecule has 7 nitrogen and oxygen atoms in total. The molecule has 2 N–H and O–H groups in total. The topological polar surface area (TPSA) is 102 Å². The van der Waals surface area contributed by atoms with Crippen LogP contribution < -0.4 is 5.32 Å². The molecule has 128 valence electrons. The van der Waals surface area contributed by atoms with Crippen LogP contribution in [-0.4, -0.2) is 41.4 Å². The Bertz CT molecular complexity index is 399. The summed E-state index contributed by atoms with van der Waals surface area (Å²) in [4.78, 5) is 34.4.